The summed E-state index contributed by atoms with van der Waals surface area (Å²) in [6, 6.07) is 7.15. The SMILES string of the molecule is N#Cc1ccc(N2CCCC2C2CCCN2)nc1. The molecule has 1 aromatic rings. The van der Waals surface area contributed by atoms with Crippen molar-refractivity contribution in [1.29, 1.82) is 5.26 Å². The first-order valence-corrected chi connectivity index (χ1v) is 6.74. The molecule has 0 aliphatic carbocycles. The predicted molar refractivity (Wildman–Crippen MR) is 70.3 cm³/mol. The zero-order valence-electron chi connectivity index (χ0n) is 10.5. The average molecular weight is 242 g/mol. The van der Waals surface area contributed by atoms with Crippen LogP contribution < -0.4 is 10.2 Å². The highest BCUT2D eigenvalue weighted by Gasteiger charge is 2.33. The van der Waals surface area contributed by atoms with Gasteiger partial charge in [-0.2, -0.15) is 5.26 Å². The molecule has 2 saturated heterocycles. The fourth-order valence-corrected chi connectivity index (χ4v) is 3.16. The van der Waals surface area contributed by atoms with Gasteiger partial charge in [0.1, 0.15) is 11.9 Å². The maximum Gasteiger partial charge on any atom is 0.128 e. The van der Waals surface area contributed by atoms with Gasteiger partial charge in [0.25, 0.3) is 0 Å². The average Bonchev–Trinajstić information content (AvgIpc) is 3.09. The normalized spacial score (nSPS) is 27.4. The molecule has 0 saturated carbocycles. The number of hydrogen-bond donors (Lipinski definition) is 1. The van der Waals surface area contributed by atoms with Crippen molar-refractivity contribution >= 4 is 5.82 Å². The van der Waals surface area contributed by atoms with Crippen LogP contribution in [-0.2, 0) is 0 Å². The van der Waals surface area contributed by atoms with E-state index in [1.165, 1.54) is 25.7 Å². The smallest absolute Gasteiger partial charge is 0.128 e. The van der Waals surface area contributed by atoms with Crippen LogP contribution in [0.15, 0.2) is 18.3 Å². The van der Waals surface area contributed by atoms with Crippen LogP contribution in [0.2, 0.25) is 0 Å². The second-order valence-corrected chi connectivity index (χ2v) is 5.12. The molecule has 3 rings (SSSR count). The molecular formula is C14H18N4. The number of hydrogen-bond acceptors (Lipinski definition) is 4. The first-order chi connectivity index (χ1) is 8.88. The van der Waals surface area contributed by atoms with E-state index in [4.69, 9.17) is 5.26 Å². The lowest BCUT2D eigenvalue weighted by atomic mass is 10.0. The zero-order valence-corrected chi connectivity index (χ0v) is 10.5. The lowest BCUT2D eigenvalue weighted by Crippen LogP contribution is -2.44. The Labute approximate surface area is 108 Å². The van der Waals surface area contributed by atoms with Gasteiger partial charge in [-0.25, -0.2) is 4.98 Å². The minimum Gasteiger partial charge on any atom is -0.352 e. The van der Waals surface area contributed by atoms with Gasteiger partial charge in [-0.1, -0.05) is 0 Å². The summed E-state index contributed by atoms with van der Waals surface area (Å²) in [6.07, 6.45) is 6.73. The minimum atomic E-state index is 0.577. The number of anilines is 1. The number of nitriles is 1. The first-order valence-electron chi connectivity index (χ1n) is 6.74. The largest absolute Gasteiger partial charge is 0.352 e. The van der Waals surface area contributed by atoms with Crippen LogP contribution >= 0.6 is 0 Å². The van der Waals surface area contributed by atoms with E-state index in [0.717, 1.165) is 18.9 Å². The van der Waals surface area contributed by atoms with Gasteiger partial charge < -0.3 is 10.2 Å². The molecule has 0 aromatic carbocycles. The van der Waals surface area contributed by atoms with Crippen LogP contribution in [0.25, 0.3) is 0 Å². The van der Waals surface area contributed by atoms with Crippen molar-refractivity contribution in [3.8, 4) is 6.07 Å². The fourth-order valence-electron chi connectivity index (χ4n) is 3.16. The molecule has 94 valence electrons. The predicted octanol–water partition coefficient (Wildman–Crippen LogP) is 1.67. The van der Waals surface area contributed by atoms with Gasteiger partial charge >= 0.3 is 0 Å². The molecule has 0 bridgehead atoms. The fraction of sp³-hybridized carbons (Fsp3) is 0.571. The van der Waals surface area contributed by atoms with E-state index in [1.807, 2.05) is 12.1 Å². The Balaban J connectivity index is 1.79. The standard InChI is InChI=1S/C14H18N4/c15-9-11-5-6-14(17-10-11)18-8-2-4-13(18)12-3-1-7-16-12/h5-6,10,12-13,16H,1-4,7-8H2. The van der Waals surface area contributed by atoms with Crippen LogP contribution in [0.1, 0.15) is 31.2 Å². The second-order valence-electron chi connectivity index (χ2n) is 5.12. The van der Waals surface area contributed by atoms with E-state index >= 15 is 0 Å². The van der Waals surface area contributed by atoms with Crippen molar-refractivity contribution in [1.82, 2.24) is 10.3 Å². The lowest BCUT2D eigenvalue weighted by molar-refractivity contribution is 0.481. The minimum absolute atomic E-state index is 0.577. The molecule has 4 nitrogen and oxygen atoms in total. The van der Waals surface area contributed by atoms with E-state index < -0.39 is 0 Å². The zero-order chi connectivity index (χ0) is 12.4. The van der Waals surface area contributed by atoms with Crippen LogP contribution in [-0.4, -0.2) is 30.2 Å². The van der Waals surface area contributed by atoms with E-state index in [9.17, 15) is 0 Å². The summed E-state index contributed by atoms with van der Waals surface area (Å²) >= 11 is 0. The Morgan fingerprint density at radius 1 is 1.33 bits per heavy atom. The summed E-state index contributed by atoms with van der Waals surface area (Å²) in [4.78, 5) is 6.84. The molecule has 0 amide bonds. The maximum absolute atomic E-state index is 8.80. The summed E-state index contributed by atoms with van der Waals surface area (Å²) < 4.78 is 0. The summed E-state index contributed by atoms with van der Waals surface area (Å²) in [5.74, 6) is 1.02. The van der Waals surface area contributed by atoms with Gasteiger partial charge in [0.2, 0.25) is 0 Å². The summed E-state index contributed by atoms with van der Waals surface area (Å²) in [5.41, 5.74) is 0.633. The highest BCUT2D eigenvalue weighted by molar-refractivity contribution is 5.44. The van der Waals surface area contributed by atoms with Gasteiger partial charge in [-0.15, -0.1) is 0 Å². The van der Waals surface area contributed by atoms with Gasteiger partial charge in [-0.3, -0.25) is 0 Å². The van der Waals surface area contributed by atoms with Gasteiger partial charge in [0.05, 0.1) is 5.56 Å². The highest BCUT2D eigenvalue weighted by atomic mass is 15.3. The summed E-state index contributed by atoms with van der Waals surface area (Å²) in [7, 11) is 0. The van der Waals surface area contributed by atoms with Crippen molar-refractivity contribution in [3.05, 3.63) is 23.9 Å². The maximum atomic E-state index is 8.80. The number of pyridine rings is 1. The quantitative estimate of drug-likeness (QED) is 0.857. The monoisotopic (exact) mass is 242 g/mol. The van der Waals surface area contributed by atoms with Crippen LogP contribution in [0.4, 0.5) is 5.82 Å². The number of nitrogens with zero attached hydrogens (tertiary/aromatic N) is 3. The van der Waals surface area contributed by atoms with E-state index in [1.54, 1.807) is 6.20 Å². The third-order valence-electron chi connectivity index (χ3n) is 4.03. The number of rotatable bonds is 2. The van der Waals surface area contributed by atoms with Crippen LogP contribution in [0.5, 0.6) is 0 Å². The van der Waals surface area contributed by atoms with Crippen molar-refractivity contribution in [3.63, 3.8) is 0 Å². The Morgan fingerprint density at radius 3 is 2.94 bits per heavy atom. The molecule has 1 aromatic heterocycles. The third kappa shape index (κ3) is 2.06. The van der Waals surface area contributed by atoms with Crippen molar-refractivity contribution in [2.75, 3.05) is 18.0 Å². The van der Waals surface area contributed by atoms with Crippen molar-refractivity contribution in [2.45, 2.75) is 37.8 Å². The van der Waals surface area contributed by atoms with Gasteiger partial charge in [0.15, 0.2) is 0 Å². The van der Waals surface area contributed by atoms with Crippen LogP contribution in [0, 0.1) is 11.3 Å². The Kier molecular flexibility index (Phi) is 3.16. The molecule has 2 fully saturated rings. The molecule has 18 heavy (non-hydrogen) atoms. The van der Waals surface area contributed by atoms with E-state index in [0.29, 0.717) is 17.6 Å². The topological polar surface area (TPSA) is 52.0 Å². The lowest BCUT2D eigenvalue weighted by Gasteiger charge is -2.30. The Morgan fingerprint density at radius 2 is 2.28 bits per heavy atom. The van der Waals surface area contributed by atoms with Gasteiger partial charge in [-0.05, 0) is 44.4 Å². The molecule has 2 aliphatic heterocycles. The van der Waals surface area contributed by atoms with E-state index in [-0.39, 0.29) is 0 Å². The number of aromatic nitrogens is 1. The Hall–Kier alpha value is -1.60. The molecule has 2 unspecified atom stereocenters. The third-order valence-corrected chi connectivity index (χ3v) is 4.03. The molecule has 0 spiro atoms. The van der Waals surface area contributed by atoms with Crippen LogP contribution in [0.3, 0.4) is 0 Å². The molecule has 0 radical (unpaired) electrons. The van der Waals surface area contributed by atoms with Crippen molar-refractivity contribution in [2.24, 2.45) is 0 Å². The molecule has 1 N–H and O–H groups in total. The Bertz CT molecular complexity index is 442. The second kappa shape index (κ2) is 4.95. The van der Waals surface area contributed by atoms with E-state index in [2.05, 4.69) is 21.3 Å². The van der Waals surface area contributed by atoms with Gasteiger partial charge in [0, 0.05) is 24.8 Å². The molecular weight excluding hydrogens is 224 g/mol. The highest BCUT2D eigenvalue weighted by Crippen LogP contribution is 2.28. The number of nitrogens with one attached hydrogen (secondary N) is 1. The summed E-state index contributed by atoms with van der Waals surface area (Å²) in [6.45, 7) is 2.23. The molecule has 2 aliphatic rings. The molecule has 4 heteroatoms. The molecule has 3 heterocycles. The van der Waals surface area contributed by atoms with Crippen molar-refractivity contribution < 1.29 is 0 Å². The molecule has 2 atom stereocenters. The summed E-state index contributed by atoms with van der Waals surface area (Å²) in [5, 5.41) is 12.4. The first kappa shape index (κ1) is 11.5.